The normalized spacial score (nSPS) is 17.9. The van der Waals surface area contributed by atoms with Crippen molar-refractivity contribution in [2.45, 2.75) is 40.2 Å². The molecule has 2 aromatic carbocycles. The molecule has 0 atom stereocenters. The molecule has 0 aromatic heterocycles. The molecule has 2 aliphatic heterocycles. The molecule has 0 radical (unpaired) electrons. The Morgan fingerprint density at radius 2 is 1.81 bits per heavy atom. The van der Waals surface area contributed by atoms with E-state index in [1.807, 2.05) is 51.2 Å². The highest BCUT2D eigenvalue weighted by Gasteiger charge is 2.37. The molecule has 1 N–H and O–H groups in total. The van der Waals surface area contributed by atoms with E-state index in [-0.39, 0.29) is 17.0 Å². The van der Waals surface area contributed by atoms with E-state index in [0.29, 0.717) is 17.0 Å². The van der Waals surface area contributed by atoms with Crippen LogP contribution in [-0.2, 0) is 9.59 Å². The van der Waals surface area contributed by atoms with E-state index < -0.39 is 17.1 Å². The summed E-state index contributed by atoms with van der Waals surface area (Å²) in [5.41, 5.74) is 6.26. The summed E-state index contributed by atoms with van der Waals surface area (Å²) in [6.45, 7) is 9.80. The van der Waals surface area contributed by atoms with Crippen LogP contribution in [0.2, 0.25) is 0 Å². The third kappa shape index (κ3) is 4.65. The average Bonchev–Trinajstić information content (AvgIpc) is 3.07. The van der Waals surface area contributed by atoms with Crippen LogP contribution >= 0.6 is 11.8 Å². The number of aryl methyl sites for hydroxylation is 2. The first-order valence-electron chi connectivity index (χ1n) is 11.7. The number of benzene rings is 2. The number of nitrogens with zero attached hydrogens (tertiary/aromatic N) is 2. The first-order valence-corrected chi connectivity index (χ1v) is 12.5. The largest absolute Gasteiger partial charge is 0.496 e. The zero-order valence-corrected chi connectivity index (χ0v) is 22.5. The Morgan fingerprint density at radius 3 is 2.44 bits per heavy atom. The zero-order chi connectivity index (χ0) is 26.4. The molecule has 3 amide bonds. The van der Waals surface area contributed by atoms with Gasteiger partial charge in [-0.15, -0.1) is 0 Å². The van der Waals surface area contributed by atoms with E-state index in [2.05, 4.69) is 37.1 Å². The summed E-state index contributed by atoms with van der Waals surface area (Å²) in [7, 11) is 3.62. The number of carbonyl (C=O) groups excluding carboxylic acids is 3. The number of amides is 3. The Balaban J connectivity index is 1.60. The minimum atomic E-state index is -0.494. The number of hydrogen-bond donors (Lipinski definition) is 1. The van der Waals surface area contributed by atoms with E-state index in [4.69, 9.17) is 4.74 Å². The molecule has 1 fully saturated rings. The summed E-state index contributed by atoms with van der Waals surface area (Å²) in [6.07, 6.45) is 3.87. The number of imide groups is 1. The topological polar surface area (TPSA) is 79.0 Å². The van der Waals surface area contributed by atoms with Gasteiger partial charge in [0.2, 0.25) is 5.91 Å². The van der Waals surface area contributed by atoms with Crippen LogP contribution in [0.3, 0.4) is 0 Å². The van der Waals surface area contributed by atoms with Crippen LogP contribution in [0.25, 0.3) is 11.6 Å². The fourth-order valence-electron chi connectivity index (χ4n) is 4.60. The van der Waals surface area contributed by atoms with Gasteiger partial charge in [-0.1, -0.05) is 24.3 Å². The number of rotatable bonds is 5. The molecule has 0 bridgehead atoms. The fraction of sp³-hybridized carbons (Fsp3) is 0.321. The van der Waals surface area contributed by atoms with Gasteiger partial charge in [0.1, 0.15) is 12.3 Å². The SMILES string of the molecule is COc1cc2c(cc1/C=C1/SC(=O)N(CC(=O)Nc3c(C)cccc3C)C1=O)C(C)=CC(C)(C)N2C. The lowest BCUT2D eigenvalue weighted by molar-refractivity contribution is -0.127. The molecule has 1 saturated heterocycles. The van der Waals surface area contributed by atoms with Crippen LogP contribution < -0.4 is 15.0 Å². The molecule has 36 heavy (non-hydrogen) atoms. The lowest BCUT2D eigenvalue weighted by Crippen LogP contribution is -2.42. The summed E-state index contributed by atoms with van der Waals surface area (Å²) in [5.74, 6) is -0.314. The predicted octanol–water partition coefficient (Wildman–Crippen LogP) is 5.62. The van der Waals surface area contributed by atoms with Gasteiger partial charge in [-0.3, -0.25) is 19.3 Å². The molecule has 0 saturated carbocycles. The Morgan fingerprint density at radius 1 is 1.14 bits per heavy atom. The Hall–Kier alpha value is -3.52. The van der Waals surface area contributed by atoms with E-state index in [1.54, 1.807) is 13.2 Å². The summed E-state index contributed by atoms with van der Waals surface area (Å²) < 4.78 is 5.64. The van der Waals surface area contributed by atoms with Gasteiger partial charge >= 0.3 is 0 Å². The molecule has 0 spiro atoms. The summed E-state index contributed by atoms with van der Waals surface area (Å²) in [6, 6.07) is 9.64. The molecule has 4 rings (SSSR count). The second-order valence-corrected chi connectivity index (χ2v) is 10.7. The van der Waals surface area contributed by atoms with Crippen LogP contribution in [0.4, 0.5) is 16.2 Å². The van der Waals surface area contributed by atoms with E-state index in [0.717, 1.165) is 44.6 Å². The number of para-hydroxylation sites is 1. The number of fused-ring (bicyclic) bond motifs is 1. The fourth-order valence-corrected chi connectivity index (χ4v) is 5.42. The maximum atomic E-state index is 13.1. The van der Waals surface area contributed by atoms with Crippen molar-refractivity contribution < 1.29 is 19.1 Å². The number of nitrogens with one attached hydrogen (secondary N) is 1. The summed E-state index contributed by atoms with van der Waals surface area (Å²) >= 11 is 0.827. The summed E-state index contributed by atoms with van der Waals surface area (Å²) in [5, 5.41) is 2.36. The van der Waals surface area contributed by atoms with Gasteiger partial charge in [0.15, 0.2) is 0 Å². The van der Waals surface area contributed by atoms with Gasteiger partial charge in [-0.25, -0.2) is 0 Å². The molecule has 7 nitrogen and oxygen atoms in total. The minimum Gasteiger partial charge on any atom is -0.496 e. The highest BCUT2D eigenvalue weighted by atomic mass is 32.2. The standard InChI is InChI=1S/C28H31N3O4S/c1-16-9-8-10-17(2)25(16)29-24(32)15-31-26(33)23(36-27(31)34)12-19-11-20-18(3)14-28(4,5)30(6)21(20)13-22(19)35-7/h8-14H,15H2,1-7H3,(H,29,32)/b23-12+. The molecule has 8 heteroatoms. The van der Waals surface area contributed by atoms with Crippen molar-refractivity contribution in [3.8, 4) is 5.75 Å². The quantitative estimate of drug-likeness (QED) is 0.532. The number of carbonyl (C=O) groups is 3. The van der Waals surface area contributed by atoms with Gasteiger partial charge in [-0.05, 0) is 75.2 Å². The van der Waals surface area contributed by atoms with Crippen LogP contribution in [0.1, 0.15) is 43.0 Å². The van der Waals surface area contributed by atoms with Crippen LogP contribution in [0.5, 0.6) is 5.75 Å². The molecule has 188 valence electrons. The summed E-state index contributed by atoms with van der Waals surface area (Å²) in [4.78, 5) is 41.9. The van der Waals surface area contributed by atoms with Gasteiger partial charge in [0, 0.05) is 35.6 Å². The van der Waals surface area contributed by atoms with Crippen LogP contribution in [0, 0.1) is 13.8 Å². The predicted molar refractivity (Wildman–Crippen MR) is 146 cm³/mol. The minimum absolute atomic E-state index is 0.149. The van der Waals surface area contributed by atoms with Crippen molar-refractivity contribution in [3.05, 3.63) is 63.6 Å². The maximum Gasteiger partial charge on any atom is 0.294 e. The molecular formula is C28H31N3O4S. The Kier molecular flexibility index (Phi) is 6.75. The second kappa shape index (κ2) is 9.50. The van der Waals surface area contributed by atoms with Gasteiger partial charge < -0.3 is 15.0 Å². The first-order chi connectivity index (χ1) is 16.9. The van der Waals surface area contributed by atoms with Crippen molar-refractivity contribution in [2.75, 3.05) is 30.9 Å². The van der Waals surface area contributed by atoms with Gasteiger partial charge in [-0.2, -0.15) is 0 Å². The molecule has 2 heterocycles. The van der Waals surface area contributed by atoms with Crippen molar-refractivity contribution in [1.82, 2.24) is 4.90 Å². The second-order valence-electron chi connectivity index (χ2n) is 9.73. The number of hydrogen-bond acceptors (Lipinski definition) is 6. The number of anilines is 2. The van der Waals surface area contributed by atoms with Crippen LogP contribution in [0.15, 0.2) is 41.3 Å². The van der Waals surface area contributed by atoms with Crippen LogP contribution in [-0.4, -0.2) is 48.2 Å². The number of likely N-dealkylation sites (N-methyl/N-ethyl adjacent to an activating group) is 1. The molecule has 2 aromatic rings. The van der Waals surface area contributed by atoms with Crippen molar-refractivity contribution in [1.29, 1.82) is 0 Å². The highest BCUT2D eigenvalue weighted by Crippen LogP contribution is 2.43. The van der Waals surface area contributed by atoms with Gasteiger partial charge in [0.25, 0.3) is 11.1 Å². The lowest BCUT2D eigenvalue weighted by atomic mass is 9.88. The molecule has 2 aliphatic rings. The maximum absolute atomic E-state index is 13.1. The zero-order valence-electron chi connectivity index (χ0n) is 21.7. The van der Waals surface area contributed by atoms with E-state index in [9.17, 15) is 14.4 Å². The lowest BCUT2D eigenvalue weighted by Gasteiger charge is -2.41. The third-order valence-electron chi connectivity index (χ3n) is 6.78. The third-order valence-corrected chi connectivity index (χ3v) is 7.68. The monoisotopic (exact) mass is 505 g/mol. The van der Waals surface area contributed by atoms with Gasteiger partial charge in [0.05, 0.1) is 17.6 Å². The van der Waals surface area contributed by atoms with E-state index in [1.165, 1.54) is 0 Å². The van der Waals surface area contributed by atoms with Crippen molar-refractivity contribution in [3.63, 3.8) is 0 Å². The van der Waals surface area contributed by atoms with Crippen molar-refractivity contribution >= 4 is 51.8 Å². The van der Waals surface area contributed by atoms with Crippen molar-refractivity contribution in [2.24, 2.45) is 0 Å². The number of methoxy groups -OCH3 is 1. The molecular weight excluding hydrogens is 474 g/mol. The number of thioether (sulfide) groups is 1. The Labute approximate surface area is 216 Å². The first kappa shape index (κ1) is 25.6. The smallest absolute Gasteiger partial charge is 0.294 e. The molecule has 0 unspecified atom stereocenters. The average molecular weight is 506 g/mol. The highest BCUT2D eigenvalue weighted by molar-refractivity contribution is 8.18. The number of allylic oxidation sites excluding steroid dienone is 1. The Bertz CT molecular complexity index is 1320. The molecule has 0 aliphatic carbocycles. The number of ether oxygens (including phenoxy) is 1. The van der Waals surface area contributed by atoms with E-state index >= 15 is 0 Å².